The molecule has 1 heterocycles. The minimum Gasteiger partial charge on any atom is -0.316 e. The fourth-order valence-electron chi connectivity index (χ4n) is 2.90. The molecule has 1 saturated heterocycles. The summed E-state index contributed by atoms with van der Waals surface area (Å²) in [6.07, 6.45) is 4.05. The molecule has 0 aliphatic carbocycles. The van der Waals surface area contributed by atoms with Gasteiger partial charge in [0.05, 0.1) is 0 Å². The van der Waals surface area contributed by atoms with Crippen molar-refractivity contribution in [1.82, 2.24) is 10.2 Å². The van der Waals surface area contributed by atoms with E-state index in [4.69, 9.17) is 0 Å². The zero-order chi connectivity index (χ0) is 13.0. The second-order valence-electron chi connectivity index (χ2n) is 5.60. The number of rotatable bonds is 4. The number of likely N-dealkylation sites (tertiary alicyclic amines) is 1. The summed E-state index contributed by atoms with van der Waals surface area (Å²) in [7, 11) is 2.07. The molecule has 1 aromatic carbocycles. The second kappa shape index (κ2) is 6.35. The molecule has 2 rings (SSSR count). The monoisotopic (exact) mass is 246 g/mol. The Hall–Kier alpha value is -0.860. The Morgan fingerprint density at radius 1 is 1.28 bits per heavy atom. The Kier molecular flexibility index (Phi) is 4.79. The third-order valence-corrected chi connectivity index (χ3v) is 4.20. The van der Waals surface area contributed by atoms with Gasteiger partial charge < -0.3 is 5.32 Å². The Morgan fingerprint density at radius 3 is 2.67 bits per heavy atom. The molecule has 2 nitrogen and oxygen atoms in total. The maximum absolute atomic E-state index is 3.42. The van der Waals surface area contributed by atoms with Gasteiger partial charge in [0.2, 0.25) is 0 Å². The summed E-state index contributed by atoms with van der Waals surface area (Å²) in [6, 6.07) is 10.2. The maximum atomic E-state index is 3.42. The maximum Gasteiger partial charge on any atom is 0.0250 e. The molecule has 1 aliphatic rings. The van der Waals surface area contributed by atoms with Gasteiger partial charge in [-0.05, 0) is 45.8 Å². The van der Waals surface area contributed by atoms with E-state index in [0.29, 0.717) is 12.1 Å². The quantitative estimate of drug-likeness (QED) is 0.878. The molecule has 0 spiro atoms. The summed E-state index contributed by atoms with van der Waals surface area (Å²) in [5, 5.41) is 3.42. The number of hydrogen-bond acceptors (Lipinski definition) is 2. The number of nitrogens with zero attached hydrogens (tertiary/aromatic N) is 1. The minimum absolute atomic E-state index is 0.579. The van der Waals surface area contributed by atoms with Crippen LogP contribution in [0.5, 0.6) is 0 Å². The molecule has 0 aromatic heterocycles. The summed E-state index contributed by atoms with van der Waals surface area (Å²) in [4.78, 5) is 2.65. The van der Waals surface area contributed by atoms with Gasteiger partial charge in [-0.1, -0.05) is 36.2 Å². The first-order valence-corrected chi connectivity index (χ1v) is 7.17. The molecule has 1 N–H and O–H groups in total. The van der Waals surface area contributed by atoms with Crippen molar-refractivity contribution < 1.29 is 0 Å². The van der Waals surface area contributed by atoms with Gasteiger partial charge in [-0.3, -0.25) is 4.90 Å². The molecule has 2 atom stereocenters. The molecule has 1 fully saturated rings. The fraction of sp³-hybridized carbons (Fsp3) is 0.625. The third-order valence-electron chi connectivity index (χ3n) is 4.20. The Bertz CT molecular complexity index is 358. The zero-order valence-corrected chi connectivity index (χ0v) is 11.9. The first-order chi connectivity index (χ1) is 8.70. The van der Waals surface area contributed by atoms with Crippen LogP contribution in [0, 0.1) is 6.92 Å². The van der Waals surface area contributed by atoms with Gasteiger partial charge in [0.1, 0.15) is 0 Å². The highest BCUT2D eigenvalue weighted by atomic mass is 15.2. The predicted molar refractivity (Wildman–Crippen MR) is 77.7 cm³/mol. The van der Waals surface area contributed by atoms with Gasteiger partial charge in [-0.15, -0.1) is 0 Å². The predicted octanol–water partition coefficient (Wildman–Crippen LogP) is 2.96. The molecule has 0 bridgehead atoms. The van der Waals surface area contributed by atoms with E-state index in [1.807, 2.05) is 0 Å². The zero-order valence-electron chi connectivity index (χ0n) is 11.9. The first-order valence-electron chi connectivity index (χ1n) is 7.17. The summed E-state index contributed by atoms with van der Waals surface area (Å²) >= 11 is 0. The van der Waals surface area contributed by atoms with Crippen LogP contribution in [0.25, 0.3) is 0 Å². The van der Waals surface area contributed by atoms with Crippen LogP contribution in [-0.4, -0.2) is 30.6 Å². The van der Waals surface area contributed by atoms with Gasteiger partial charge in [-0.2, -0.15) is 0 Å². The van der Waals surface area contributed by atoms with Gasteiger partial charge in [0.25, 0.3) is 0 Å². The fourth-order valence-corrected chi connectivity index (χ4v) is 2.90. The van der Waals surface area contributed by atoms with E-state index >= 15 is 0 Å². The highest BCUT2D eigenvalue weighted by Gasteiger charge is 2.26. The van der Waals surface area contributed by atoms with Gasteiger partial charge in [0, 0.05) is 18.6 Å². The lowest BCUT2D eigenvalue weighted by Crippen LogP contribution is -2.49. The Labute approximate surface area is 111 Å². The van der Waals surface area contributed by atoms with Crippen LogP contribution < -0.4 is 5.32 Å². The number of benzene rings is 1. The van der Waals surface area contributed by atoms with E-state index in [2.05, 4.69) is 55.4 Å². The van der Waals surface area contributed by atoms with Crippen molar-refractivity contribution in [2.45, 2.75) is 51.7 Å². The molecular formula is C16H26N2. The third kappa shape index (κ3) is 3.33. The molecule has 2 heteroatoms. The standard InChI is InChI=1S/C16H26N2/c1-13-7-9-15(10-8-13)12-18-11-5-4-6-16(18)14(2)17-3/h7-10,14,16-17H,4-6,11-12H2,1-3H3. The molecule has 0 saturated carbocycles. The van der Waals surface area contributed by atoms with E-state index in [1.165, 1.54) is 36.9 Å². The Morgan fingerprint density at radius 2 is 2.00 bits per heavy atom. The summed E-state index contributed by atoms with van der Waals surface area (Å²) in [5.74, 6) is 0. The van der Waals surface area contributed by atoms with Crippen LogP contribution in [0.15, 0.2) is 24.3 Å². The minimum atomic E-state index is 0.579. The van der Waals surface area contributed by atoms with Crippen molar-refractivity contribution >= 4 is 0 Å². The average molecular weight is 246 g/mol. The molecular weight excluding hydrogens is 220 g/mol. The molecule has 18 heavy (non-hydrogen) atoms. The average Bonchev–Trinajstić information content (AvgIpc) is 2.41. The normalized spacial score (nSPS) is 22.9. The largest absolute Gasteiger partial charge is 0.316 e. The van der Waals surface area contributed by atoms with Gasteiger partial charge in [-0.25, -0.2) is 0 Å². The molecule has 0 amide bonds. The molecule has 1 aromatic rings. The first kappa shape index (κ1) is 13.6. The van der Waals surface area contributed by atoms with E-state index in [0.717, 1.165) is 6.54 Å². The SMILES string of the molecule is CNC(C)C1CCCCN1Cc1ccc(C)cc1. The number of likely N-dealkylation sites (N-methyl/N-ethyl adjacent to an activating group) is 1. The number of nitrogens with one attached hydrogen (secondary N) is 1. The second-order valence-corrected chi connectivity index (χ2v) is 5.60. The highest BCUT2D eigenvalue weighted by Crippen LogP contribution is 2.22. The summed E-state index contributed by atoms with van der Waals surface area (Å²) in [6.45, 7) is 6.79. The molecule has 100 valence electrons. The number of hydrogen-bond donors (Lipinski definition) is 1. The van der Waals surface area contributed by atoms with Crippen molar-refractivity contribution in [3.63, 3.8) is 0 Å². The van der Waals surface area contributed by atoms with Crippen LogP contribution in [0.3, 0.4) is 0 Å². The number of piperidine rings is 1. The van der Waals surface area contributed by atoms with Crippen molar-refractivity contribution in [2.75, 3.05) is 13.6 Å². The van der Waals surface area contributed by atoms with Crippen molar-refractivity contribution in [2.24, 2.45) is 0 Å². The highest BCUT2D eigenvalue weighted by molar-refractivity contribution is 5.21. The lowest BCUT2D eigenvalue weighted by molar-refractivity contribution is 0.114. The topological polar surface area (TPSA) is 15.3 Å². The molecule has 1 aliphatic heterocycles. The Balaban J connectivity index is 2.03. The van der Waals surface area contributed by atoms with Crippen molar-refractivity contribution in [3.05, 3.63) is 35.4 Å². The van der Waals surface area contributed by atoms with Crippen molar-refractivity contribution in [3.8, 4) is 0 Å². The summed E-state index contributed by atoms with van der Waals surface area (Å²) < 4.78 is 0. The molecule has 2 unspecified atom stereocenters. The van der Waals surface area contributed by atoms with Gasteiger partial charge in [0.15, 0.2) is 0 Å². The van der Waals surface area contributed by atoms with E-state index in [1.54, 1.807) is 0 Å². The van der Waals surface area contributed by atoms with Crippen LogP contribution in [0.4, 0.5) is 0 Å². The van der Waals surface area contributed by atoms with Crippen LogP contribution in [0.2, 0.25) is 0 Å². The van der Waals surface area contributed by atoms with E-state index in [9.17, 15) is 0 Å². The van der Waals surface area contributed by atoms with Crippen LogP contribution in [-0.2, 0) is 6.54 Å². The van der Waals surface area contributed by atoms with E-state index < -0.39 is 0 Å². The van der Waals surface area contributed by atoms with Crippen LogP contribution in [0.1, 0.15) is 37.3 Å². The van der Waals surface area contributed by atoms with Crippen molar-refractivity contribution in [1.29, 1.82) is 0 Å². The van der Waals surface area contributed by atoms with E-state index in [-0.39, 0.29) is 0 Å². The smallest absolute Gasteiger partial charge is 0.0250 e. The lowest BCUT2D eigenvalue weighted by Gasteiger charge is -2.39. The van der Waals surface area contributed by atoms with Gasteiger partial charge >= 0.3 is 0 Å². The van der Waals surface area contributed by atoms with Crippen LogP contribution >= 0.6 is 0 Å². The summed E-state index contributed by atoms with van der Waals surface area (Å²) in [5.41, 5.74) is 2.79. The number of aryl methyl sites for hydroxylation is 1. The molecule has 0 radical (unpaired) electrons. The lowest BCUT2D eigenvalue weighted by atomic mass is 9.96.